The first-order chi connectivity index (χ1) is 12.0. The van der Waals surface area contributed by atoms with Crippen LogP contribution in [0.15, 0.2) is 30.3 Å². The molecule has 0 saturated carbocycles. The van der Waals surface area contributed by atoms with Crippen molar-refractivity contribution in [1.82, 2.24) is 10.2 Å². The smallest absolute Gasteiger partial charge is 0.326 e. The number of ether oxygens (including phenoxy) is 1. The van der Waals surface area contributed by atoms with Gasteiger partial charge in [-0.3, -0.25) is 9.59 Å². The second-order valence-corrected chi connectivity index (χ2v) is 6.08. The molecule has 1 aromatic carbocycles. The molecule has 2 amide bonds. The number of unbranched alkanes of at least 4 members (excludes halogenated alkanes) is 1. The van der Waals surface area contributed by atoms with Crippen molar-refractivity contribution in [2.45, 2.75) is 44.8 Å². The molecular weight excluding hydrogens is 324 g/mol. The zero-order chi connectivity index (χ0) is 18.2. The molecule has 7 nitrogen and oxygen atoms in total. The summed E-state index contributed by atoms with van der Waals surface area (Å²) in [5, 5.41) is 11.8. The molecule has 25 heavy (non-hydrogen) atoms. The summed E-state index contributed by atoms with van der Waals surface area (Å²) in [5.41, 5.74) is 0.899. The first kappa shape index (κ1) is 18.9. The Kier molecular flexibility index (Phi) is 6.94. The van der Waals surface area contributed by atoms with Crippen molar-refractivity contribution in [2.75, 3.05) is 13.2 Å². The molecule has 1 saturated heterocycles. The number of carbonyl (C=O) groups is 3. The number of carboxylic acids is 1. The Morgan fingerprint density at radius 3 is 2.72 bits per heavy atom. The molecule has 1 fully saturated rings. The van der Waals surface area contributed by atoms with E-state index in [1.807, 2.05) is 37.3 Å². The SMILES string of the molecule is CCCC[C@H](NC(=O)[C@H]1COCC(=O)N1Cc1ccccc1)C(=O)O. The second-order valence-electron chi connectivity index (χ2n) is 6.08. The van der Waals surface area contributed by atoms with Crippen molar-refractivity contribution in [3.63, 3.8) is 0 Å². The first-order valence-electron chi connectivity index (χ1n) is 8.47. The predicted octanol–water partition coefficient (Wildman–Crippen LogP) is 1.17. The molecule has 1 aliphatic rings. The van der Waals surface area contributed by atoms with Gasteiger partial charge in [-0.25, -0.2) is 4.79 Å². The van der Waals surface area contributed by atoms with Gasteiger partial charge in [0.15, 0.2) is 0 Å². The van der Waals surface area contributed by atoms with Crippen LogP contribution in [0, 0.1) is 0 Å². The summed E-state index contributed by atoms with van der Waals surface area (Å²) in [6.45, 7) is 2.23. The van der Waals surface area contributed by atoms with Crippen LogP contribution < -0.4 is 5.32 Å². The van der Waals surface area contributed by atoms with Crippen LogP contribution in [0.1, 0.15) is 31.7 Å². The number of nitrogens with one attached hydrogen (secondary N) is 1. The van der Waals surface area contributed by atoms with Crippen LogP contribution in [-0.4, -0.2) is 53.1 Å². The maximum absolute atomic E-state index is 12.6. The van der Waals surface area contributed by atoms with E-state index in [9.17, 15) is 19.5 Å². The Bertz CT molecular complexity index is 605. The average Bonchev–Trinajstić information content (AvgIpc) is 2.60. The number of benzene rings is 1. The molecule has 0 bridgehead atoms. The van der Waals surface area contributed by atoms with Crippen LogP contribution in [0.4, 0.5) is 0 Å². The number of aliphatic carboxylic acids is 1. The van der Waals surface area contributed by atoms with Crippen LogP contribution >= 0.6 is 0 Å². The zero-order valence-electron chi connectivity index (χ0n) is 14.3. The third-order valence-electron chi connectivity index (χ3n) is 4.16. The Labute approximate surface area is 147 Å². The lowest BCUT2D eigenvalue weighted by atomic mass is 10.1. The molecule has 0 unspecified atom stereocenters. The third kappa shape index (κ3) is 5.29. The van der Waals surface area contributed by atoms with E-state index in [1.165, 1.54) is 4.90 Å². The van der Waals surface area contributed by atoms with Gasteiger partial charge in [-0.2, -0.15) is 0 Å². The van der Waals surface area contributed by atoms with E-state index in [0.717, 1.165) is 12.0 Å². The summed E-state index contributed by atoms with van der Waals surface area (Å²) >= 11 is 0. The fourth-order valence-corrected chi connectivity index (χ4v) is 2.73. The van der Waals surface area contributed by atoms with Crippen molar-refractivity contribution < 1.29 is 24.2 Å². The molecule has 0 aromatic heterocycles. The fraction of sp³-hybridized carbons (Fsp3) is 0.500. The van der Waals surface area contributed by atoms with Gasteiger partial charge in [-0.05, 0) is 12.0 Å². The number of carboxylic acid groups (broad SMARTS) is 1. The predicted molar refractivity (Wildman–Crippen MR) is 90.7 cm³/mol. The lowest BCUT2D eigenvalue weighted by Crippen LogP contribution is -2.58. The lowest BCUT2D eigenvalue weighted by Gasteiger charge is -2.35. The third-order valence-corrected chi connectivity index (χ3v) is 4.16. The Morgan fingerprint density at radius 1 is 1.36 bits per heavy atom. The van der Waals surface area contributed by atoms with E-state index in [-0.39, 0.29) is 25.7 Å². The highest BCUT2D eigenvalue weighted by atomic mass is 16.5. The van der Waals surface area contributed by atoms with E-state index in [0.29, 0.717) is 12.8 Å². The van der Waals surface area contributed by atoms with Crippen LogP contribution in [0.25, 0.3) is 0 Å². The van der Waals surface area contributed by atoms with Crippen molar-refractivity contribution in [2.24, 2.45) is 0 Å². The largest absolute Gasteiger partial charge is 0.480 e. The molecule has 0 radical (unpaired) electrons. The van der Waals surface area contributed by atoms with Gasteiger partial charge in [-0.1, -0.05) is 50.1 Å². The molecule has 0 aliphatic carbocycles. The van der Waals surface area contributed by atoms with Gasteiger partial charge in [0, 0.05) is 6.54 Å². The molecule has 2 atom stereocenters. The minimum absolute atomic E-state index is 0.0600. The van der Waals surface area contributed by atoms with E-state index in [2.05, 4.69) is 5.32 Å². The van der Waals surface area contributed by atoms with Crippen molar-refractivity contribution in [1.29, 1.82) is 0 Å². The Morgan fingerprint density at radius 2 is 2.08 bits per heavy atom. The number of carbonyl (C=O) groups excluding carboxylic acids is 2. The van der Waals surface area contributed by atoms with Crippen molar-refractivity contribution in [3.8, 4) is 0 Å². The second kappa shape index (κ2) is 9.17. The summed E-state index contributed by atoms with van der Waals surface area (Å²) in [6.07, 6.45) is 1.90. The number of rotatable bonds is 8. The van der Waals surface area contributed by atoms with Crippen LogP contribution in [0.3, 0.4) is 0 Å². The van der Waals surface area contributed by atoms with Gasteiger partial charge >= 0.3 is 5.97 Å². The van der Waals surface area contributed by atoms with Crippen LogP contribution in [0.2, 0.25) is 0 Å². The molecule has 0 spiro atoms. The van der Waals surface area contributed by atoms with E-state index in [1.54, 1.807) is 0 Å². The normalized spacial score (nSPS) is 18.7. The van der Waals surface area contributed by atoms with Crippen molar-refractivity contribution in [3.05, 3.63) is 35.9 Å². The number of hydrogen-bond acceptors (Lipinski definition) is 4. The zero-order valence-corrected chi connectivity index (χ0v) is 14.3. The molecule has 2 N–H and O–H groups in total. The molecule has 1 aliphatic heterocycles. The van der Waals surface area contributed by atoms with Gasteiger partial charge in [0.05, 0.1) is 6.61 Å². The van der Waals surface area contributed by atoms with Gasteiger partial charge in [0.1, 0.15) is 18.7 Å². The van der Waals surface area contributed by atoms with Gasteiger partial charge in [0.25, 0.3) is 0 Å². The number of nitrogens with zero attached hydrogens (tertiary/aromatic N) is 1. The molecule has 1 heterocycles. The summed E-state index contributed by atoms with van der Waals surface area (Å²) in [4.78, 5) is 37.6. The van der Waals surface area contributed by atoms with E-state index >= 15 is 0 Å². The summed E-state index contributed by atoms with van der Waals surface area (Å²) in [6, 6.07) is 7.56. The molecule has 7 heteroatoms. The molecular formula is C18H24N2O5. The topological polar surface area (TPSA) is 95.9 Å². The number of hydrogen-bond donors (Lipinski definition) is 2. The maximum Gasteiger partial charge on any atom is 0.326 e. The summed E-state index contributed by atoms with van der Waals surface area (Å²) in [5.74, 6) is -1.84. The standard InChI is InChI=1S/C18H24N2O5/c1-2-3-9-14(18(23)24)19-17(22)15-11-25-12-16(21)20(15)10-13-7-5-4-6-8-13/h4-8,14-15H,2-3,9-12H2,1H3,(H,19,22)(H,23,24)/t14-,15+/m0/s1. The maximum atomic E-state index is 12.6. The molecule has 2 rings (SSSR count). The number of morpholine rings is 1. The highest BCUT2D eigenvalue weighted by Gasteiger charge is 2.35. The van der Waals surface area contributed by atoms with E-state index in [4.69, 9.17) is 4.74 Å². The number of amides is 2. The Balaban J connectivity index is 2.08. The van der Waals surface area contributed by atoms with E-state index < -0.39 is 24.0 Å². The minimum atomic E-state index is -1.07. The monoisotopic (exact) mass is 348 g/mol. The molecule has 136 valence electrons. The Hall–Kier alpha value is -2.41. The minimum Gasteiger partial charge on any atom is -0.480 e. The fourth-order valence-electron chi connectivity index (χ4n) is 2.73. The molecule has 1 aromatic rings. The van der Waals surface area contributed by atoms with Gasteiger partial charge in [0.2, 0.25) is 11.8 Å². The van der Waals surface area contributed by atoms with Gasteiger partial charge < -0.3 is 20.1 Å². The highest BCUT2D eigenvalue weighted by molar-refractivity contribution is 5.91. The average molecular weight is 348 g/mol. The highest BCUT2D eigenvalue weighted by Crippen LogP contribution is 2.14. The summed E-state index contributed by atoms with van der Waals surface area (Å²) in [7, 11) is 0. The van der Waals surface area contributed by atoms with Crippen LogP contribution in [0.5, 0.6) is 0 Å². The summed E-state index contributed by atoms with van der Waals surface area (Å²) < 4.78 is 5.21. The van der Waals surface area contributed by atoms with Crippen LogP contribution in [-0.2, 0) is 25.7 Å². The van der Waals surface area contributed by atoms with Crippen molar-refractivity contribution >= 4 is 17.8 Å². The lowest BCUT2D eigenvalue weighted by molar-refractivity contribution is -0.156. The van der Waals surface area contributed by atoms with Gasteiger partial charge in [-0.15, -0.1) is 0 Å². The quantitative estimate of drug-likeness (QED) is 0.735. The first-order valence-corrected chi connectivity index (χ1v) is 8.47.